The molecule has 1 aromatic carbocycles. The molecular formula is C15H15Cl2NO2. The van der Waals surface area contributed by atoms with Gasteiger partial charge in [-0.2, -0.15) is 0 Å². The Morgan fingerprint density at radius 1 is 1.25 bits per heavy atom. The summed E-state index contributed by atoms with van der Waals surface area (Å²) in [7, 11) is 0. The summed E-state index contributed by atoms with van der Waals surface area (Å²) >= 11 is 11.8. The average molecular weight is 312 g/mol. The number of rotatable bonds is 3. The molecule has 1 saturated heterocycles. The Morgan fingerprint density at radius 2 is 1.85 bits per heavy atom. The lowest BCUT2D eigenvalue weighted by molar-refractivity contribution is -0.154. The zero-order valence-corrected chi connectivity index (χ0v) is 12.4. The highest BCUT2D eigenvalue weighted by Gasteiger charge is 2.52. The van der Waals surface area contributed by atoms with E-state index in [1.54, 1.807) is 29.2 Å². The van der Waals surface area contributed by atoms with Crippen molar-refractivity contribution in [2.24, 2.45) is 5.92 Å². The second kappa shape index (κ2) is 5.06. The third-order valence-corrected chi connectivity index (χ3v) is 4.32. The SMILES string of the molecule is O=C(C=Cc1cc(Cl)cc(Cl)c1)N1CC(O)(C2CC2)C1. The van der Waals surface area contributed by atoms with E-state index in [4.69, 9.17) is 23.2 Å². The van der Waals surface area contributed by atoms with Crippen LogP contribution in [0.2, 0.25) is 10.0 Å². The molecule has 20 heavy (non-hydrogen) atoms. The van der Waals surface area contributed by atoms with Gasteiger partial charge in [0.1, 0.15) is 5.60 Å². The summed E-state index contributed by atoms with van der Waals surface area (Å²) in [6, 6.07) is 5.13. The van der Waals surface area contributed by atoms with Crippen molar-refractivity contribution in [2.45, 2.75) is 18.4 Å². The van der Waals surface area contributed by atoms with Crippen molar-refractivity contribution >= 4 is 35.2 Å². The molecule has 2 fully saturated rings. The summed E-state index contributed by atoms with van der Waals surface area (Å²) in [4.78, 5) is 13.6. The molecule has 0 spiro atoms. The lowest BCUT2D eigenvalue weighted by Gasteiger charge is -2.46. The van der Waals surface area contributed by atoms with Crippen molar-refractivity contribution in [1.82, 2.24) is 4.90 Å². The predicted octanol–water partition coefficient (Wildman–Crippen LogP) is 2.99. The maximum Gasteiger partial charge on any atom is 0.246 e. The normalized spacial score (nSPS) is 21.1. The van der Waals surface area contributed by atoms with Crippen molar-refractivity contribution in [3.8, 4) is 0 Å². The molecule has 2 aliphatic rings. The van der Waals surface area contributed by atoms with Gasteiger partial charge in [0.25, 0.3) is 0 Å². The largest absolute Gasteiger partial charge is 0.386 e. The molecule has 0 radical (unpaired) electrons. The number of β-amino-alcohol motifs (C(OH)–C–C–N with tert-alkyl or cyclic N) is 1. The zero-order chi connectivity index (χ0) is 14.3. The van der Waals surface area contributed by atoms with Gasteiger partial charge in [-0.15, -0.1) is 0 Å². The summed E-state index contributed by atoms with van der Waals surface area (Å²) in [5, 5.41) is 11.3. The van der Waals surface area contributed by atoms with Crippen LogP contribution in [0, 0.1) is 5.92 Å². The molecule has 1 saturated carbocycles. The number of carbonyl (C=O) groups is 1. The van der Waals surface area contributed by atoms with E-state index in [9.17, 15) is 9.90 Å². The Bertz CT molecular complexity index is 555. The quantitative estimate of drug-likeness (QED) is 0.872. The summed E-state index contributed by atoms with van der Waals surface area (Å²) in [6.45, 7) is 0.883. The molecular weight excluding hydrogens is 297 g/mol. The van der Waals surface area contributed by atoms with Gasteiger partial charge in [-0.1, -0.05) is 23.2 Å². The molecule has 106 valence electrons. The first kappa shape index (κ1) is 13.9. The zero-order valence-electron chi connectivity index (χ0n) is 10.9. The first-order valence-electron chi connectivity index (χ1n) is 6.62. The molecule has 1 aliphatic heterocycles. The second-order valence-corrected chi connectivity index (χ2v) is 6.48. The number of amides is 1. The van der Waals surface area contributed by atoms with E-state index in [2.05, 4.69) is 0 Å². The molecule has 0 unspecified atom stereocenters. The van der Waals surface area contributed by atoms with Crippen LogP contribution in [0.5, 0.6) is 0 Å². The average Bonchev–Trinajstić information content (AvgIpc) is 3.15. The number of likely N-dealkylation sites (tertiary alicyclic amines) is 1. The molecule has 1 heterocycles. The van der Waals surface area contributed by atoms with Gasteiger partial charge in [-0.25, -0.2) is 0 Å². The molecule has 3 rings (SSSR count). The first-order valence-corrected chi connectivity index (χ1v) is 7.37. The fraction of sp³-hybridized carbons (Fsp3) is 0.400. The van der Waals surface area contributed by atoms with Crippen LogP contribution in [0.4, 0.5) is 0 Å². The van der Waals surface area contributed by atoms with Gasteiger partial charge in [0.15, 0.2) is 0 Å². The van der Waals surface area contributed by atoms with Crippen molar-refractivity contribution in [3.05, 3.63) is 39.9 Å². The molecule has 3 nitrogen and oxygen atoms in total. The van der Waals surface area contributed by atoms with E-state index >= 15 is 0 Å². The monoisotopic (exact) mass is 311 g/mol. The maximum atomic E-state index is 12.0. The van der Waals surface area contributed by atoms with E-state index < -0.39 is 5.60 Å². The van der Waals surface area contributed by atoms with Crippen LogP contribution in [-0.4, -0.2) is 34.6 Å². The van der Waals surface area contributed by atoms with Crippen LogP contribution in [0.15, 0.2) is 24.3 Å². The number of hydrogen-bond donors (Lipinski definition) is 1. The third kappa shape index (κ3) is 2.85. The number of halogens is 2. The molecule has 0 atom stereocenters. The first-order chi connectivity index (χ1) is 9.46. The van der Waals surface area contributed by atoms with Gasteiger partial charge in [-0.05, 0) is 48.6 Å². The minimum atomic E-state index is -0.636. The number of nitrogens with zero attached hydrogens (tertiary/aromatic N) is 1. The van der Waals surface area contributed by atoms with Crippen molar-refractivity contribution in [3.63, 3.8) is 0 Å². The fourth-order valence-corrected chi connectivity index (χ4v) is 3.14. The smallest absolute Gasteiger partial charge is 0.246 e. The highest BCUT2D eigenvalue weighted by atomic mass is 35.5. The highest BCUT2D eigenvalue weighted by molar-refractivity contribution is 6.34. The number of carbonyl (C=O) groups excluding carboxylic acids is 1. The van der Waals surface area contributed by atoms with E-state index in [0.717, 1.165) is 18.4 Å². The minimum absolute atomic E-state index is 0.0913. The fourth-order valence-electron chi connectivity index (χ4n) is 2.59. The van der Waals surface area contributed by atoms with E-state index in [1.165, 1.54) is 6.08 Å². The maximum absolute atomic E-state index is 12.0. The molecule has 1 aliphatic carbocycles. The van der Waals surface area contributed by atoms with E-state index in [1.807, 2.05) is 0 Å². The van der Waals surface area contributed by atoms with Crippen LogP contribution >= 0.6 is 23.2 Å². The highest BCUT2D eigenvalue weighted by Crippen LogP contribution is 2.44. The summed E-state index contributed by atoms with van der Waals surface area (Å²) in [5.41, 5.74) is 0.150. The molecule has 1 aromatic rings. The van der Waals surface area contributed by atoms with Gasteiger partial charge >= 0.3 is 0 Å². The Hall–Kier alpha value is -1.03. The van der Waals surface area contributed by atoms with Crippen LogP contribution in [0.3, 0.4) is 0 Å². The van der Waals surface area contributed by atoms with Crippen molar-refractivity contribution < 1.29 is 9.90 Å². The van der Waals surface area contributed by atoms with Gasteiger partial charge < -0.3 is 10.0 Å². The molecule has 0 aromatic heterocycles. The standard InChI is InChI=1S/C15H15Cl2NO2/c16-12-5-10(6-13(17)7-12)1-4-14(19)18-8-15(20,9-18)11-2-3-11/h1,4-7,11,20H,2-3,8-9H2. The molecule has 1 amide bonds. The predicted molar refractivity (Wildman–Crippen MR) is 79.7 cm³/mol. The lowest BCUT2D eigenvalue weighted by Crippen LogP contribution is -2.64. The second-order valence-electron chi connectivity index (χ2n) is 5.61. The number of aliphatic hydroxyl groups is 1. The van der Waals surface area contributed by atoms with Gasteiger partial charge in [0.05, 0.1) is 13.1 Å². The summed E-state index contributed by atoms with van der Waals surface area (Å²) in [6.07, 6.45) is 5.34. The molecule has 5 heteroatoms. The van der Waals surface area contributed by atoms with Crippen LogP contribution in [0.25, 0.3) is 6.08 Å². The van der Waals surface area contributed by atoms with Crippen LogP contribution in [0.1, 0.15) is 18.4 Å². The number of benzene rings is 1. The Labute approximate surface area is 127 Å². The van der Waals surface area contributed by atoms with Crippen LogP contribution < -0.4 is 0 Å². The van der Waals surface area contributed by atoms with Crippen LogP contribution in [-0.2, 0) is 4.79 Å². The minimum Gasteiger partial charge on any atom is -0.386 e. The summed E-state index contributed by atoms with van der Waals surface area (Å²) in [5.74, 6) is 0.300. The van der Waals surface area contributed by atoms with E-state index in [-0.39, 0.29) is 5.91 Å². The third-order valence-electron chi connectivity index (χ3n) is 3.88. The molecule has 0 bridgehead atoms. The Morgan fingerprint density at radius 3 is 2.40 bits per heavy atom. The van der Waals surface area contributed by atoms with Gasteiger partial charge in [0, 0.05) is 16.1 Å². The Balaban J connectivity index is 1.60. The van der Waals surface area contributed by atoms with Crippen molar-refractivity contribution in [1.29, 1.82) is 0 Å². The van der Waals surface area contributed by atoms with Crippen molar-refractivity contribution in [2.75, 3.05) is 13.1 Å². The molecule has 1 N–H and O–H groups in total. The van der Waals surface area contributed by atoms with Gasteiger partial charge in [-0.3, -0.25) is 4.79 Å². The lowest BCUT2D eigenvalue weighted by atomic mass is 9.88. The Kier molecular flexibility index (Phi) is 3.53. The number of hydrogen-bond acceptors (Lipinski definition) is 2. The van der Waals surface area contributed by atoms with Gasteiger partial charge in [0.2, 0.25) is 5.91 Å². The topological polar surface area (TPSA) is 40.5 Å². The van der Waals surface area contributed by atoms with E-state index in [0.29, 0.717) is 29.1 Å². The summed E-state index contributed by atoms with van der Waals surface area (Å²) < 4.78 is 0.